The van der Waals surface area contributed by atoms with Crippen LogP contribution in [0, 0.1) is 17.8 Å². The highest BCUT2D eigenvalue weighted by molar-refractivity contribution is 5.91. The first kappa shape index (κ1) is 48.8. The molecule has 0 saturated carbocycles. The molecule has 0 aliphatic carbocycles. The fourth-order valence-corrected chi connectivity index (χ4v) is 8.51. The van der Waals surface area contributed by atoms with Crippen LogP contribution in [0.25, 0.3) is 0 Å². The second kappa shape index (κ2) is 21.3. The van der Waals surface area contributed by atoms with Crippen molar-refractivity contribution in [2.45, 2.75) is 185 Å². The third kappa shape index (κ3) is 13.3. The van der Waals surface area contributed by atoms with Gasteiger partial charge in [0, 0.05) is 45.6 Å². The van der Waals surface area contributed by atoms with Gasteiger partial charge in [0.2, 0.25) is 0 Å². The Bertz CT molecular complexity index is 1470. The number of carbonyl (C=O) groups is 5. The van der Waals surface area contributed by atoms with Gasteiger partial charge in [-0.3, -0.25) is 19.2 Å². The smallest absolute Gasteiger partial charge is 0.309 e. The van der Waals surface area contributed by atoms with Gasteiger partial charge in [-0.15, -0.1) is 0 Å². The van der Waals surface area contributed by atoms with E-state index in [1.165, 1.54) is 20.1 Å². The second-order valence-corrected chi connectivity index (χ2v) is 17.5. The summed E-state index contributed by atoms with van der Waals surface area (Å²) in [4.78, 5) is 65.8. The molecule has 0 aromatic carbocycles. The van der Waals surface area contributed by atoms with E-state index in [4.69, 9.17) is 42.6 Å². The molecule has 59 heavy (non-hydrogen) atoms. The summed E-state index contributed by atoms with van der Waals surface area (Å²) in [5, 5.41) is 23.5. The molecule has 0 aromatic heterocycles. The summed E-state index contributed by atoms with van der Waals surface area (Å²) in [6.07, 6.45) is -7.99. The van der Waals surface area contributed by atoms with E-state index in [9.17, 15) is 34.2 Å². The van der Waals surface area contributed by atoms with E-state index in [-0.39, 0.29) is 49.6 Å². The van der Waals surface area contributed by atoms with E-state index >= 15 is 0 Å². The van der Waals surface area contributed by atoms with Crippen molar-refractivity contribution in [3.63, 3.8) is 0 Å². The number of ketones is 1. The molecule has 17 heteroatoms. The second-order valence-electron chi connectivity index (χ2n) is 17.5. The van der Waals surface area contributed by atoms with Crippen LogP contribution in [0.5, 0.6) is 0 Å². The number of aliphatic hydroxyl groups excluding tert-OH is 1. The number of esters is 3. The number of carbonyl (C=O) groups excluding carboxylic acids is 5. The average molecular weight is 842 g/mol. The fraction of sp³-hybridized carbons (Fsp3) is 0.833. The Morgan fingerprint density at radius 1 is 1.00 bits per heavy atom. The normalized spacial score (nSPS) is 41.2. The predicted molar refractivity (Wildman–Crippen MR) is 208 cm³/mol. The van der Waals surface area contributed by atoms with Crippen LogP contribution >= 0.6 is 0 Å². The zero-order valence-corrected chi connectivity index (χ0v) is 36.3. The van der Waals surface area contributed by atoms with Crippen LogP contribution in [-0.4, -0.2) is 158 Å². The largest absolute Gasteiger partial charge is 0.462 e. The number of allylic oxidation sites excluding steroid dienone is 1. The lowest BCUT2D eigenvalue weighted by Gasteiger charge is -2.50. The van der Waals surface area contributed by atoms with Gasteiger partial charge in [0.1, 0.15) is 48.5 Å². The summed E-state index contributed by atoms with van der Waals surface area (Å²) in [6.45, 7) is 13.4. The molecular formula is C42H67NO16. The molecule has 3 saturated heterocycles. The molecule has 4 aliphatic heterocycles. The summed E-state index contributed by atoms with van der Waals surface area (Å²) >= 11 is 0. The molecule has 3 fully saturated rings. The number of aldehydes is 1. The maximum absolute atomic E-state index is 13.4. The number of rotatable bonds is 12. The van der Waals surface area contributed by atoms with E-state index in [1.54, 1.807) is 59.7 Å². The van der Waals surface area contributed by atoms with Crippen molar-refractivity contribution in [3.05, 3.63) is 12.2 Å². The summed E-state index contributed by atoms with van der Waals surface area (Å²) < 4.78 is 54.2. The lowest BCUT2D eigenvalue weighted by Crippen LogP contribution is -2.66. The lowest BCUT2D eigenvalue weighted by atomic mass is 9.83. The van der Waals surface area contributed by atoms with E-state index in [0.717, 1.165) is 0 Å². The quantitative estimate of drug-likeness (QED) is 0.125. The summed E-state index contributed by atoms with van der Waals surface area (Å²) in [7, 11) is 4.82. The van der Waals surface area contributed by atoms with E-state index in [2.05, 4.69) is 0 Å². The molecule has 17 atom stereocenters. The first-order chi connectivity index (χ1) is 27.6. The topological polar surface area (TPSA) is 215 Å². The standard InChI is InChI=1S/C42H67NO16/c1-21(2)16-32(47)57-40-25(6)53-34(20-42(40,8)50)58-37-24(5)54-41(36(49)35(37)43(9)10)59-38-27(14-15-44)17-22(3)28(46)12-13-29-30(56-29)18-23(4)52-33(48)19-31(39(38)51-11)55-26(7)45/h12-13,15,21-25,27,29-31,34-41,49-50H,14,16-20H2,1-11H3/t22-,23-,24-,25+,27+,29?,30?,31-,34+,35-,36-,37-,38+,39+,40+,41+,42-/m1/s1. The predicted octanol–water partition coefficient (Wildman–Crippen LogP) is 2.43. The molecule has 0 radical (unpaired) electrons. The molecule has 4 rings (SSSR count). The first-order valence-electron chi connectivity index (χ1n) is 20.7. The third-order valence-corrected chi connectivity index (χ3v) is 11.4. The maximum atomic E-state index is 13.4. The minimum Gasteiger partial charge on any atom is -0.462 e. The van der Waals surface area contributed by atoms with Gasteiger partial charge in [0.25, 0.3) is 0 Å². The average Bonchev–Trinajstić information content (AvgIpc) is 3.85. The van der Waals surface area contributed by atoms with Crippen LogP contribution < -0.4 is 0 Å². The zero-order valence-electron chi connectivity index (χ0n) is 36.3. The van der Waals surface area contributed by atoms with Crippen molar-refractivity contribution in [2.75, 3.05) is 21.2 Å². The van der Waals surface area contributed by atoms with Crippen molar-refractivity contribution in [3.8, 4) is 0 Å². The molecule has 0 amide bonds. The summed E-state index contributed by atoms with van der Waals surface area (Å²) in [5.41, 5.74) is -1.51. The number of aliphatic hydroxyl groups is 2. The van der Waals surface area contributed by atoms with Gasteiger partial charge in [0.15, 0.2) is 24.5 Å². The number of methoxy groups -OCH3 is 1. The minimum atomic E-state index is -1.51. The fourth-order valence-electron chi connectivity index (χ4n) is 8.51. The van der Waals surface area contributed by atoms with Gasteiger partial charge < -0.3 is 62.5 Å². The van der Waals surface area contributed by atoms with E-state index < -0.39 is 115 Å². The molecule has 4 heterocycles. The highest BCUT2D eigenvalue weighted by Gasteiger charge is 2.53. The number of nitrogens with zero attached hydrogens (tertiary/aromatic N) is 1. The Labute approximate surface area is 347 Å². The minimum absolute atomic E-state index is 0.0551. The van der Waals surface area contributed by atoms with Crippen LogP contribution in [0.3, 0.4) is 0 Å². The highest BCUT2D eigenvalue weighted by atomic mass is 16.7. The molecule has 0 aromatic rings. The number of hydrogen-bond donors (Lipinski definition) is 2. The molecular weight excluding hydrogens is 774 g/mol. The molecule has 2 N–H and O–H groups in total. The number of likely N-dealkylation sites (N-methyl/N-ethyl adjacent to an activating group) is 1. The van der Waals surface area contributed by atoms with Crippen LogP contribution in [0.15, 0.2) is 12.2 Å². The van der Waals surface area contributed by atoms with Crippen molar-refractivity contribution in [1.29, 1.82) is 0 Å². The van der Waals surface area contributed by atoms with Crippen LogP contribution in [0.1, 0.15) is 93.9 Å². The monoisotopic (exact) mass is 841 g/mol. The molecule has 0 bridgehead atoms. The van der Waals surface area contributed by atoms with Crippen molar-refractivity contribution >= 4 is 30.0 Å². The highest BCUT2D eigenvalue weighted by Crippen LogP contribution is 2.38. The van der Waals surface area contributed by atoms with E-state index in [1.807, 2.05) is 13.8 Å². The van der Waals surface area contributed by atoms with Crippen LogP contribution in [0.4, 0.5) is 0 Å². The van der Waals surface area contributed by atoms with Crippen molar-refractivity contribution in [2.24, 2.45) is 17.8 Å². The van der Waals surface area contributed by atoms with E-state index in [0.29, 0.717) is 12.7 Å². The molecule has 0 spiro atoms. The van der Waals surface area contributed by atoms with Gasteiger partial charge in [-0.05, 0) is 72.2 Å². The van der Waals surface area contributed by atoms with Crippen molar-refractivity contribution in [1.82, 2.24) is 4.90 Å². The number of fused-ring (bicyclic) bond motifs is 1. The number of hydrogen-bond acceptors (Lipinski definition) is 17. The van der Waals surface area contributed by atoms with Gasteiger partial charge >= 0.3 is 17.9 Å². The molecule has 4 aliphatic rings. The molecule has 336 valence electrons. The zero-order chi connectivity index (χ0) is 43.9. The first-order valence-corrected chi connectivity index (χ1v) is 20.7. The summed E-state index contributed by atoms with van der Waals surface area (Å²) in [5.74, 6) is -3.35. The Morgan fingerprint density at radius 3 is 2.29 bits per heavy atom. The van der Waals surface area contributed by atoms with Crippen LogP contribution in [-0.2, 0) is 66.6 Å². The van der Waals surface area contributed by atoms with Gasteiger partial charge in [-0.1, -0.05) is 20.8 Å². The molecule has 17 nitrogen and oxygen atoms in total. The number of ether oxygens (including phenoxy) is 9. The summed E-state index contributed by atoms with van der Waals surface area (Å²) in [6, 6.07) is -0.800. The van der Waals surface area contributed by atoms with Gasteiger partial charge in [-0.25, -0.2) is 0 Å². The Balaban J connectivity index is 1.64. The van der Waals surface area contributed by atoms with Crippen LogP contribution in [0.2, 0.25) is 0 Å². The Morgan fingerprint density at radius 2 is 1.69 bits per heavy atom. The molecule has 2 unspecified atom stereocenters. The van der Waals surface area contributed by atoms with Gasteiger partial charge in [0.05, 0.1) is 36.9 Å². The Hall–Kier alpha value is -2.87. The lowest BCUT2D eigenvalue weighted by molar-refractivity contribution is -0.344. The van der Waals surface area contributed by atoms with Crippen molar-refractivity contribution < 1.29 is 76.8 Å². The maximum Gasteiger partial charge on any atom is 0.309 e. The number of epoxide rings is 1. The Kier molecular flexibility index (Phi) is 17.6. The van der Waals surface area contributed by atoms with Gasteiger partial charge in [-0.2, -0.15) is 0 Å². The SMILES string of the molecule is CO[C@@H]1[C@@H](O[C@@H]2O[C@H](C)[C@@H](O[C@H]3C[C@@](C)(O)[C@@H](OC(=O)CC(C)C)[C@H](C)O3)[C@H](N(C)C)[C@H]2O)[C@@H](CC=O)C[C@@H](C)C(=O)C=CC2OC2C[C@@H](C)OC(=O)C[C@H]1OC(C)=O. The number of cyclic esters (lactones) is 1. The third-order valence-electron chi connectivity index (χ3n) is 11.4.